The molecule has 0 saturated heterocycles. The summed E-state index contributed by atoms with van der Waals surface area (Å²) in [5.74, 6) is 0.325. The molecule has 0 spiro atoms. The minimum atomic E-state index is 0. The van der Waals surface area contributed by atoms with E-state index >= 15 is 0 Å². The first-order valence-corrected chi connectivity index (χ1v) is 38.5. The predicted molar refractivity (Wildman–Crippen MR) is 476 cm³/mol. The number of fused-ring (bicyclic) bond motifs is 9. The van der Waals surface area contributed by atoms with Crippen LogP contribution < -0.4 is 0 Å². The molecule has 18 rings (SSSR count). The molecular formula is C99H116N6OS2. The number of hydrogen-bond donors (Lipinski definition) is 0. The van der Waals surface area contributed by atoms with Crippen LogP contribution in [0, 0.1) is 125 Å². The highest BCUT2D eigenvalue weighted by molar-refractivity contribution is 7.17. The van der Waals surface area contributed by atoms with E-state index in [0.29, 0.717) is 12.2 Å². The van der Waals surface area contributed by atoms with E-state index in [1.807, 2.05) is 42.1 Å². The Labute approximate surface area is 653 Å². The zero-order valence-corrected chi connectivity index (χ0v) is 67.2. The summed E-state index contributed by atoms with van der Waals surface area (Å²) in [5.41, 5.74) is 38.5. The molecule has 0 saturated carbocycles. The van der Waals surface area contributed by atoms with Gasteiger partial charge in [-0.05, 0) is 343 Å². The summed E-state index contributed by atoms with van der Waals surface area (Å²) in [5, 5.41) is 10.2. The van der Waals surface area contributed by atoms with Gasteiger partial charge >= 0.3 is 0 Å². The van der Waals surface area contributed by atoms with Crippen LogP contribution in [0.2, 0.25) is 0 Å². The number of hydrogen-bond acceptors (Lipinski definition) is 7. The number of carbonyl (C=O) groups excluding carboxylic acids is 1. The molecule has 0 atom stereocenters. The van der Waals surface area contributed by atoms with Crippen molar-refractivity contribution in [2.45, 2.75) is 179 Å². The average Bonchev–Trinajstić information content (AvgIpc) is 1.78. The first kappa shape index (κ1) is 85.1. The second-order valence-corrected chi connectivity index (χ2v) is 30.3. The molecule has 0 aliphatic heterocycles. The van der Waals surface area contributed by atoms with Crippen molar-refractivity contribution in [3.05, 3.63) is 328 Å². The van der Waals surface area contributed by atoms with E-state index in [1.54, 1.807) is 34.9 Å². The van der Waals surface area contributed by atoms with E-state index in [-0.39, 0.29) is 22.3 Å². The lowest BCUT2D eigenvalue weighted by Crippen LogP contribution is -1.97. The molecule has 0 N–H and O–H groups in total. The summed E-state index contributed by atoms with van der Waals surface area (Å²) in [7, 11) is 4.17. The maximum absolute atomic E-state index is 11.4. The molecule has 2 aliphatic carbocycles. The van der Waals surface area contributed by atoms with Gasteiger partial charge in [0.25, 0.3) is 0 Å². The minimum absolute atomic E-state index is 0. The Morgan fingerprint density at radius 3 is 1.55 bits per heavy atom. The van der Waals surface area contributed by atoms with Crippen molar-refractivity contribution in [3.63, 3.8) is 0 Å². The van der Waals surface area contributed by atoms with Gasteiger partial charge < -0.3 is 9.13 Å². The van der Waals surface area contributed by atoms with Gasteiger partial charge in [0.2, 0.25) is 0 Å². The highest BCUT2D eigenvalue weighted by Crippen LogP contribution is 2.31. The molecule has 16 aromatic rings. The topological polar surface area (TPSA) is 78.5 Å². The van der Waals surface area contributed by atoms with Crippen molar-refractivity contribution in [2.75, 3.05) is 0 Å². The molecule has 0 bridgehead atoms. The number of Topliss-reactive ketones (excluding diaryl/α,β-unsaturated/α-hetero) is 1. The third-order valence-electron chi connectivity index (χ3n) is 21.9. The molecule has 0 radical (unpaired) electrons. The molecule has 10 aromatic carbocycles. The molecule has 9 heteroatoms. The number of pyridine rings is 1. The molecular weight excluding hydrogens is 1350 g/mol. The smallest absolute Gasteiger partial charge is 0.163 e. The van der Waals surface area contributed by atoms with Crippen LogP contribution >= 0.6 is 22.7 Å². The summed E-state index contributed by atoms with van der Waals surface area (Å²) >= 11 is 3.51. The zero-order chi connectivity index (χ0) is 75.3. The van der Waals surface area contributed by atoms with E-state index in [1.165, 1.54) is 178 Å². The number of benzene rings is 10. The van der Waals surface area contributed by atoms with Gasteiger partial charge in [-0.2, -0.15) is 0 Å². The van der Waals surface area contributed by atoms with Gasteiger partial charge in [0.05, 0.1) is 37.8 Å². The molecule has 560 valence electrons. The number of thiophene rings is 1. The van der Waals surface area contributed by atoms with E-state index in [2.05, 4.69) is 330 Å². The Morgan fingerprint density at radius 1 is 0.333 bits per heavy atom. The van der Waals surface area contributed by atoms with E-state index < -0.39 is 0 Å². The van der Waals surface area contributed by atoms with Crippen LogP contribution in [-0.4, -0.2) is 34.9 Å². The molecule has 0 unspecified atom stereocenters. The lowest BCUT2D eigenvalue weighted by molar-refractivity contribution is 0.0994. The standard InChI is InChI=1S/C12H12.2C11H13N.C11H11N.C11H12O.C11H14.C10H10N2.C10H10S.C9H9NS.3CH4/c1-9-7-8-11-5-3-4-6-12(11)10(9)2;1-8-4-5-11-10(9(8)2)6-7-12(11)3;1-8-4-5-10-6-7-12(3)11(10)9(8)2;1-8-5-6-10-4-3-7-12-11(10)9(8)2;1-7-3-4-9-5-6-10(12)11(9)8(7)2;1-8-6-7-10-4-3-5-11(10)9(8)2;1-7-3-4-9-10(8(7)2)12-6-5-11-9;1-7-3-4-10-9(8(7)2)5-6-11-10;1-6-3-4-8-9(7(6)2)10-5-11-8;;;/h3-8H,1-2H3;2*4-7H,1-3H3;3-7H,1-2H3;3-4H,5-6H2,1-2H3;6-7H,3-5H2,1-2H3;3-6H,1-2H3;3-6H,1-2H3;3-5H,1-2H3;3*1H4. The second kappa shape index (κ2) is 38.6. The monoisotopic (exact) mass is 1470 g/mol. The van der Waals surface area contributed by atoms with E-state index in [4.69, 9.17) is 0 Å². The molecule has 7 nitrogen and oxygen atoms in total. The maximum Gasteiger partial charge on any atom is 0.163 e. The Bertz CT molecular complexity index is 5480. The largest absolute Gasteiger partial charge is 0.351 e. The Hall–Kier alpha value is -10.2. The molecule has 6 heterocycles. The summed E-state index contributed by atoms with van der Waals surface area (Å²) in [6, 6.07) is 57.9. The number of carbonyl (C=O) groups is 1. The zero-order valence-electron chi connectivity index (χ0n) is 65.6. The van der Waals surface area contributed by atoms with Gasteiger partial charge in [-0.15, -0.1) is 22.7 Å². The van der Waals surface area contributed by atoms with Crippen LogP contribution in [0.15, 0.2) is 206 Å². The highest BCUT2D eigenvalue weighted by Gasteiger charge is 2.22. The fourth-order valence-electron chi connectivity index (χ4n) is 13.8. The van der Waals surface area contributed by atoms with Crippen LogP contribution in [0.4, 0.5) is 0 Å². The van der Waals surface area contributed by atoms with Crippen molar-refractivity contribution in [2.24, 2.45) is 14.1 Å². The summed E-state index contributed by atoms with van der Waals surface area (Å²) < 4.78 is 7.01. The molecule has 2 aliphatic rings. The lowest BCUT2D eigenvalue weighted by atomic mass is 9.99. The minimum Gasteiger partial charge on any atom is -0.351 e. The highest BCUT2D eigenvalue weighted by atomic mass is 32.1. The fourth-order valence-corrected chi connectivity index (χ4v) is 15.4. The number of ketones is 1. The SMILES string of the molecule is C.C.C.Cc1ccc2c(c1C)C(=O)CC2.Cc1ccc2c(c1C)CCC2.Cc1ccc2c(ccn2C)c1C.Cc1ccc2ccccc2c1C.Cc1ccc2cccnc2c1C.Cc1ccc2ccn(C)c2c1C.Cc1ccc2nccnc2c1C.Cc1ccc2sccc2c1C.Cc1ccc2scnc2c1C. The van der Waals surface area contributed by atoms with Gasteiger partial charge in [0.1, 0.15) is 0 Å². The van der Waals surface area contributed by atoms with Crippen molar-refractivity contribution < 1.29 is 4.79 Å². The van der Waals surface area contributed by atoms with Crippen LogP contribution in [-0.2, 0) is 33.4 Å². The lowest BCUT2D eigenvalue weighted by Gasteiger charge is -2.06. The molecule has 6 aromatic heterocycles. The molecule has 108 heavy (non-hydrogen) atoms. The van der Waals surface area contributed by atoms with Gasteiger partial charge in [-0.25, -0.2) is 4.98 Å². The first-order valence-electron chi connectivity index (χ1n) is 36.7. The molecule has 0 fully saturated rings. The Balaban J connectivity index is 0.000000169. The van der Waals surface area contributed by atoms with E-state index in [9.17, 15) is 4.79 Å². The summed E-state index contributed by atoms with van der Waals surface area (Å²) in [6.07, 6.45) is 15.1. The van der Waals surface area contributed by atoms with Gasteiger partial charge in [-0.1, -0.05) is 138 Å². The van der Waals surface area contributed by atoms with Crippen LogP contribution in [0.1, 0.15) is 162 Å². The Kier molecular flexibility index (Phi) is 30.4. The van der Waals surface area contributed by atoms with Gasteiger partial charge in [0, 0.05) is 78.1 Å². The number of nitrogens with zero attached hydrogens (tertiary/aromatic N) is 6. The Morgan fingerprint density at radius 2 is 0.843 bits per heavy atom. The first-order chi connectivity index (χ1) is 50.3. The normalized spacial score (nSPS) is 11.3. The third-order valence-corrected chi connectivity index (χ3v) is 23.5. The van der Waals surface area contributed by atoms with Crippen molar-refractivity contribution >= 4 is 103 Å². The summed E-state index contributed by atoms with van der Waals surface area (Å²) in [6.45, 7) is 38.5. The quantitative estimate of drug-likeness (QED) is 0.151. The van der Waals surface area contributed by atoms with Crippen LogP contribution in [0.25, 0.3) is 74.8 Å². The fraction of sp³-hybridized carbons (Fsp3) is 0.283. The number of rotatable bonds is 0. The number of aryl methyl sites for hydroxylation is 20. The van der Waals surface area contributed by atoms with Gasteiger partial charge in [0.15, 0.2) is 5.78 Å². The predicted octanol–water partition coefficient (Wildman–Crippen LogP) is 27.7. The van der Waals surface area contributed by atoms with Crippen molar-refractivity contribution in [3.8, 4) is 0 Å². The second-order valence-electron chi connectivity index (χ2n) is 28.5. The maximum atomic E-state index is 11.4. The van der Waals surface area contributed by atoms with Gasteiger partial charge in [-0.3, -0.25) is 19.7 Å². The van der Waals surface area contributed by atoms with Crippen molar-refractivity contribution in [1.29, 1.82) is 0 Å². The van der Waals surface area contributed by atoms with E-state index in [0.717, 1.165) is 34.1 Å². The van der Waals surface area contributed by atoms with Crippen LogP contribution in [0.3, 0.4) is 0 Å². The third kappa shape index (κ3) is 19.8. The van der Waals surface area contributed by atoms with Crippen LogP contribution in [0.5, 0.6) is 0 Å². The summed E-state index contributed by atoms with van der Waals surface area (Å²) in [4.78, 5) is 28.6. The van der Waals surface area contributed by atoms with Crippen molar-refractivity contribution in [1.82, 2.24) is 29.1 Å². The average molecular weight is 1470 g/mol. The number of aromatic nitrogens is 6. The number of thiazole rings is 1. The molecule has 0 amide bonds.